The van der Waals surface area contributed by atoms with E-state index in [1.54, 1.807) is 37.3 Å². The van der Waals surface area contributed by atoms with E-state index in [4.69, 9.17) is 4.74 Å². The number of esters is 1. The van der Waals surface area contributed by atoms with E-state index in [1.807, 2.05) is 0 Å². The van der Waals surface area contributed by atoms with Gasteiger partial charge in [0.15, 0.2) is 0 Å². The van der Waals surface area contributed by atoms with E-state index in [0.717, 1.165) is 0 Å². The Balaban J connectivity index is 3.14. The van der Waals surface area contributed by atoms with Gasteiger partial charge in [-0.05, 0) is 33.3 Å². The van der Waals surface area contributed by atoms with Crippen LogP contribution in [0.2, 0.25) is 0 Å². The number of rotatable bonds is 6. The number of hydrogen-bond donors (Lipinski definition) is 0. The predicted octanol–water partition coefficient (Wildman–Crippen LogP) is 3.71. The lowest BCUT2D eigenvalue weighted by atomic mass is 10.0. The van der Waals surface area contributed by atoms with Gasteiger partial charge in [-0.15, -0.1) is 13.2 Å². The molecule has 0 aliphatic heterocycles. The average Bonchev–Trinajstić information content (AvgIpc) is 2.42. The maximum Gasteiger partial charge on any atom is 0.539 e. The van der Waals surface area contributed by atoms with Crippen molar-refractivity contribution in [1.82, 2.24) is 5.06 Å². The van der Waals surface area contributed by atoms with Crippen molar-refractivity contribution in [1.29, 1.82) is 0 Å². The molecule has 1 rings (SSSR count). The number of ether oxygens (including phenoxy) is 1. The minimum Gasteiger partial charge on any atom is -0.465 e. The molecule has 1 unspecified atom stereocenters. The third kappa shape index (κ3) is 6.58. The van der Waals surface area contributed by atoms with Gasteiger partial charge in [0.2, 0.25) is 0 Å². The fourth-order valence-corrected chi connectivity index (χ4v) is 2.12. The van der Waals surface area contributed by atoms with Crippen molar-refractivity contribution < 1.29 is 27.5 Å². The van der Waals surface area contributed by atoms with Crippen LogP contribution in [0, 0.1) is 0 Å². The Hall–Kier alpha value is -1.60. The van der Waals surface area contributed by atoms with Gasteiger partial charge >= 0.3 is 12.3 Å². The second kappa shape index (κ2) is 7.79. The molecule has 1 aromatic rings. The van der Waals surface area contributed by atoms with E-state index in [9.17, 15) is 18.0 Å². The molecule has 0 heterocycles. The molecule has 0 spiro atoms. The van der Waals surface area contributed by atoms with E-state index in [2.05, 4.69) is 4.84 Å². The summed E-state index contributed by atoms with van der Waals surface area (Å²) in [5, 5.41) is 0.665. The summed E-state index contributed by atoms with van der Waals surface area (Å²) in [6.07, 6.45) is -4.85. The molecule has 23 heavy (non-hydrogen) atoms. The van der Waals surface area contributed by atoms with Gasteiger partial charge in [-0.2, -0.15) is 9.90 Å². The van der Waals surface area contributed by atoms with Crippen molar-refractivity contribution in [3.63, 3.8) is 0 Å². The minimum absolute atomic E-state index is 0.0486. The summed E-state index contributed by atoms with van der Waals surface area (Å²) >= 11 is 0. The van der Waals surface area contributed by atoms with Gasteiger partial charge in [0.25, 0.3) is 0 Å². The summed E-state index contributed by atoms with van der Waals surface area (Å²) in [4.78, 5) is 16.3. The maximum absolute atomic E-state index is 12.8. The van der Waals surface area contributed by atoms with Crippen molar-refractivity contribution in [2.75, 3.05) is 6.61 Å². The summed E-state index contributed by atoms with van der Waals surface area (Å²) in [7, 11) is 0. The average molecular weight is 333 g/mol. The van der Waals surface area contributed by atoms with E-state index in [0.29, 0.717) is 10.6 Å². The molecule has 1 aromatic carbocycles. The molecule has 0 bridgehead atoms. The molecule has 0 aromatic heterocycles. The molecule has 0 saturated carbocycles. The summed E-state index contributed by atoms with van der Waals surface area (Å²) in [6, 6.07) is 7.56. The van der Waals surface area contributed by atoms with Crippen molar-refractivity contribution in [3.05, 3.63) is 35.9 Å². The molecule has 0 radical (unpaired) electrons. The molecule has 130 valence electrons. The molecule has 1 atom stereocenters. The molecule has 0 N–H and O–H groups in total. The molecule has 0 aliphatic rings. The van der Waals surface area contributed by atoms with Crippen LogP contribution in [-0.4, -0.2) is 35.6 Å². The number of benzene rings is 1. The molecular formula is C16H22F3NO3. The lowest BCUT2D eigenvalue weighted by Gasteiger charge is -2.39. The first kappa shape index (κ1) is 19.4. The van der Waals surface area contributed by atoms with Gasteiger partial charge in [0.05, 0.1) is 6.61 Å². The van der Waals surface area contributed by atoms with E-state index >= 15 is 0 Å². The lowest BCUT2D eigenvalue weighted by molar-refractivity contribution is -0.436. The Morgan fingerprint density at radius 1 is 1.17 bits per heavy atom. The molecule has 7 heteroatoms. The Labute approximate surface area is 134 Å². The molecule has 0 fully saturated rings. The number of hydroxylamine groups is 2. The molecule has 0 aliphatic carbocycles. The zero-order valence-electron chi connectivity index (χ0n) is 13.7. The predicted molar refractivity (Wildman–Crippen MR) is 79.3 cm³/mol. The highest BCUT2D eigenvalue weighted by Crippen LogP contribution is 2.28. The number of carbonyl (C=O) groups excluding carboxylic acids is 1. The zero-order valence-corrected chi connectivity index (χ0v) is 13.7. The van der Waals surface area contributed by atoms with Crippen molar-refractivity contribution in [2.24, 2.45) is 0 Å². The van der Waals surface area contributed by atoms with E-state index < -0.39 is 23.9 Å². The highest BCUT2D eigenvalue weighted by atomic mass is 19.4. The highest BCUT2D eigenvalue weighted by molar-refractivity contribution is 5.76. The van der Waals surface area contributed by atoms with Gasteiger partial charge < -0.3 is 4.74 Å². The lowest BCUT2D eigenvalue weighted by Crippen LogP contribution is -2.54. The number of carbonyl (C=O) groups is 1. The van der Waals surface area contributed by atoms with Gasteiger partial charge in [-0.25, -0.2) is 0 Å². The number of nitrogens with zero attached hydrogens (tertiary/aromatic N) is 1. The quantitative estimate of drug-likeness (QED) is 0.588. The van der Waals surface area contributed by atoms with Crippen LogP contribution in [0.5, 0.6) is 0 Å². The number of halogens is 3. The van der Waals surface area contributed by atoms with Crippen LogP contribution in [0.25, 0.3) is 0 Å². The minimum atomic E-state index is -4.89. The van der Waals surface area contributed by atoms with Crippen LogP contribution in [0.4, 0.5) is 13.2 Å². The number of alkyl halides is 3. The first-order valence-corrected chi connectivity index (χ1v) is 7.30. The van der Waals surface area contributed by atoms with Crippen molar-refractivity contribution in [3.8, 4) is 0 Å². The fraction of sp³-hybridized carbons (Fsp3) is 0.562. The second-order valence-corrected chi connectivity index (χ2v) is 5.99. The SMILES string of the molecule is CCOC(=O)C(Cc1ccccc1)N(OC(F)(F)F)C(C)(C)C. The topological polar surface area (TPSA) is 38.8 Å². The standard InChI is InChI=1S/C16H22F3NO3/c1-5-22-14(21)13(11-12-9-7-6-8-10-12)20(15(2,3)4)23-16(17,18)19/h6-10,13H,5,11H2,1-4H3. The summed E-state index contributed by atoms with van der Waals surface area (Å²) in [5.41, 5.74) is -0.340. The zero-order chi connectivity index (χ0) is 17.7. The molecular weight excluding hydrogens is 311 g/mol. The van der Waals surface area contributed by atoms with E-state index in [1.165, 1.54) is 20.8 Å². The van der Waals surface area contributed by atoms with E-state index in [-0.39, 0.29) is 13.0 Å². The van der Waals surface area contributed by atoms with Crippen LogP contribution in [-0.2, 0) is 20.8 Å². The summed E-state index contributed by atoms with van der Waals surface area (Å²) in [5.74, 6) is -0.754. The van der Waals surface area contributed by atoms with Crippen LogP contribution >= 0.6 is 0 Å². The van der Waals surface area contributed by atoms with Crippen molar-refractivity contribution >= 4 is 5.97 Å². The van der Waals surface area contributed by atoms with Crippen LogP contribution in [0.3, 0.4) is 0 Å². The largest absolute Gasteiger partial charge is 0.539 e. The Morgan fingerprint density at radius 2 is 1.74 bits per heavy atom. The van der Waals surface area contributed by atoms with Crippen LogP contribution in [0.15, 0.2) is 30.3 Å². The Kier molecular flexibility index (Phi) is 6.58. The summed E-state index contributed by atoms with van der Waals surface area (Å²) in [6.45, 7) is 6.29. The Bertz CT molecular complexity index is 498. The Morgan fingerprint density at radius 3 is 2.17 bits per heavy atom. The van der Waals surface area contributed by atoms with Crippen LogP contribution < -0.4 is 0 Å². The van der Waals surface area contributed by atoms with Gasteiger partial charge in [-0.1, -0.05) is 30.3 Å². The van der Waals surface area contributed by atoms with Gasteiger partial charge in [-0.3, -0.25) is 4.79 Å². The third-order valence-corrected chi connectivity index (χ3v) is 2.98. The molecule has 0 saturated heterocycles. The monoisotopic (exact) mass is 333 g/mol. The maximum atomic E-state index is 12.8. The first-order valence-electron chi connectivity index (χ1n) is 7.30. The van der Waals surface area contributed by atoms with Crippen LogP contribution in [0.1, 0.15) is 33.3 Å². The first-order chi connectivity index (χ1) is 10.5. The normalized spacial score (nSPS) is 13.9. The summed E-state index contributed by atoms with van der Waals surface area (Å²) < 4.78 is 43.2. The van der Waals surface area contributed by atoms with Crippen molar-refractivity contribution in [2.45, 2.75) is 52.1 Å². The fourth-order valence-electron chi connectivity index (χ4n) is 2.12. The van der Waals surface area contributed by atoms with Gasteiger partial charge in [0.1, 0.15) is 6.04 Å². The smallest absolute Gasteiger partial charge is 0.465 e. The number of hydrogen-bond acceptors (Lipinski definition) is 4. The van der Waals surface area contributed by atoms with Gasteiger partial charge in [0, 0.05) is 12.0 Å². The third-order valence-electron chi connectivity index (χ3n) is 2.98. The molecule has 0 amide bonds. The molecule has 4 nitrogen and oxygen atoms in total. The highest BCUT2D eigenvalue weighted by Gasteiger charge is 2.44. The second-order valence-electron chi connectivity index (χ2n) is 5.99.